The number of aromatic nitrogens is 1. The second kappa shape index (κ2) is 6.81. The average Bonchev–Trinajstić information content (AvgIpc) is 3.19. The van der Waals surface area contributed by atoms with Crippen molar-refractivity contribution in [3.63, 3.8) is 0 Å². The van der Waals surface area contributed by atoms with Crippen molar-refractivity contribution in [1.29, 1.82) is 10.5 Å². The van der Waals surface area contributed by atoms with Gasteiger partial charge >= 0.3 is 0 Å². The van der Waals surface area contributed by atoms with Gasteiger partial charge in [0.1, 0.15) is 28.4 Å². The molecule has 0 aliphatic carbocycles. The van der Waals surface area contributed by atoms with Crippen LogP contribution < -0.4 is 14.8 Å². The van der Waals surface area contributed by atoms with E-state index < -0.39 is 17.2 Å². The van der Waals surface area contributed by atoms with Crippen LogP contribution in [0.3, 0.4) is 0 Å². The molecule has 3 aromatic rings. The number of hydrogen-bond acceptors (Lipinski definition) is 5. The standard InChI is InChI=1S/C17H7F2N3OS2/c18-11-3-4-14(13(19)6-11)22-16(23)15(7-12-2-1-5-24-12)25-17(22)10(8-20)9-21/h1-7H. The second-order valence-corrected chi connectivity index (χ2v) is 6.78. The Bertz CT molecular complexity index is 1190. The fourth-order valence-corrected chi connectivity index (χ4v) is 3.93. The number of halogens is 2. The van der Waals surface area contributed by atoms with Gasteiger partial charge in [0.05, 0.1) is 10.2 Å². The van der Waals surface area contributed by atoms with Gasteiger partial charge in [-0.15, -0.1) is 22.7 Å². The summed E-state index contributed by atoms with van der Waals surface area (Å²) in [6.45, 7) is 0. The minimum atomic E-state index is -0.959. The summed E-state index contributed by atoms with van der Waals surface area (Å²) in [5, 5.41) is 20.1. The van der Waals surface area contributed by atoms with Crippen molar-refractivity contribution in [3.8, 4) is 17.8 Å². The molecule has 8 heteroatoms. The zero-order chi connectivity index (χ0) is 18.0. The van der Waals surface area contributed by atoms with Crippen LogP contribution in [0.1, 0.15) is 4.88 Å². The Morgan fingerprint density at radius 3 is 2.56 bits per heavy atom. The molecular weight excluding hydrogens is 364 g/mol. The van der Waals surface area contributed by atoms with Gasteiger partial charge in [-0.2, -0.15) is 10.5 Å². The topological polar surface area (TPSA) is 69.6 Å². The van der Waals surface area contributed by atoms with E-state index in [1.807, 2.05) is 11.4 Å². The van der Waals surface area contributed by atoms with Gasteiger partial charge in [-0.3, -0.25) is 9.36 Å². The number of nitrogens with zero attached hydrogens (tertiary/aromatic N) is 3. The third-order valence-corrected chi connectivity index (χ3v) is 5.14. The zero-order valence-electron chi connectivity index (χ0n) is 12.4. The average molecular weight is 371 g/mol. The number of thiazole rings is 1. The third-order valence-electron chi connectivity index (χ3n) is 3.23. The Labute approximate surface area is 148 Å². The number of thiophene rings is 1. The molecule has 0 bridgehead atoms. The molecule has 25 heavy (non-hydrogen) atoms. The highest BCUT2D eigenvalue weighted by Gasteiger charge is 2.15. The molecule has 0 aliphatic rings. The Morgan fingerprint density at radius 2 is 1.96 bits per heavy atom. The molecule has 3 rings (SSSR count). The maximum atomic E-state index is 14.2. The minimum Gasteiger partial charge on any atom is -0.267 e. The first-order chi connectivity index (χ1) is 12.0. The molecule has 122 valence electrons. The Kier molecular flexibility index (Phi) is 4.57. The molecule has 0 spiro atoms. The van der Waals surface area contributed by atoms with Crippen molar-refractivity contribution in [2.45, 2.75) is 0 Å². The SMILES string of the molecule is N#CC(C#N)=c1sc(=Cc2cccs2)c(=O)n1-c1ccc(F)cc1F. The Balaban J connectivity index is 2.45. The number of rotatable bonds is 2. The molecule has 0 unspecified atom stereocenters. The first kappa shape index (κ1) is 16.8. The van der Waals surface area contributed by atoms with Crippen LogP contribution in [0, 0.1) is 34.3 Å². The molecule has 0 radical (unpaired) electrons. The van der Waals surface area contributed by atoms with Gasteiger partial charge in [0.2, 0.25) is 0 Å². The van der Waals surface area contributed by atoms with Crippen LogP contribution in [-0.4, -0.2) is 4.57 Å². The molecule has 0 fully saturated rings. The van der Waals surface area contributed by atoms with Crippen molar-refractivity contribution in [2.75, 3.05) is 0 Å². The first-order valence-electron chi connectivity index (χ1n) is 6.82. The fraction of sp³-hybridized carbons (Fsp3) is 0. The molecule has 0 saturated heterocycles. The van der Waals surface area contributed by atoms with Crippen LogP contribution in [0.2, 0.25) is 0 Å². The Hall–Kier alpha value is -3.07. The van der Waals surface area contributed by atoms with Gasteiger partial charge in [0.25, 0.3) is 5.56 Å². The molecule has 1 aromatic carbocycles. The lowest BCUT2D eigenvalue weighted by atomic mass is 10.3. The van der Waals surface area contributed by atoms with Crippen LogP contribution in [0.5, 0.6) is 0 Å². The van der Waals surface area contributed by atoms with Gasteiger partial charge in [0, 0.05) is 10.9 Å². The summed E-state index contributed by atoms with van der Waals surface area (Å²) >= 11 is 2.31. The smallest absolute Gasteiger partial charge is 0.267 e. The van der Waals surface area contributed by atoms with Crippen molar-refractivity contribution < 1.29 is 8.78 Å². The summed E-state index contributed by atoms with van der Waals surface area (Å²) in [7, 11) is 0. The van der Waals surface area contributed by atoms with E-state index in [1.54, 1.807) is 24.3 Å². The van der Waals surface area contributed by atoms with E-state index in [0.717, 1.165) is 32.9 Å². The van der Waals surface area contributed by atoms with Gasteiger partial charge in [-0.1, -0.05) is 6.07 Å². The van der Waals surface area contributed by atoms with Crippen LogP contribution in [0.15, 0.2) is 40.5 Å². The molecule has 2 aromatic heterocycles. The van der Waals surface area contributed by atoms with Crippen molar-refractivity contribution in [1.82, 2.24) is 4.57 Å². The van der Waals surface area contributed by atoms with Crippen LogP contribution >= 0.6 is 22.7 Å². The summed E-state index contributed by atoms with van der Waals surface area (Å²) in [5.41, 5.74) is -1.12. The lowest BCUT2D eigenvalue weighted by molar-refractivity contribution is 0.576. The number of benzene rings is 1. The molecule has 0 atom stereocenters. The third kappa shape index (κ3) is 3.13. The summed E-state index contributed by atoms with van der Waals surface area (Å²) in [4.78, 5) is 13.5. The van der Waals surface area contributed by atoms with E-state index >= 15 is 0 Å². The van der Waals surface area contributed by atoms with E-state index in [9.17, 15) is 13.6 Å². The van der Waals surface area contributed by atoms with Crippen LogP contribution in [-0.2, 0) is 0 Å². The number of hydrogen-bond donors (Lipinski definition) is 0. The molecule has 4 nitrogen and oxygen atoms in total. The van der Waals surface area contributed by atoms with E-state index in [4.69, 9.17) is 10.5 Å². The van der Waals surface area contributed by atoms with Gasteiger partial charge in [-0.25, -0.2) is 8.78 Å². The lowest BCUT2D eigenvalue weighted by Gasteiger charge is -2.03. The normalized spacial score (nSPS) is 11.1. The van der Waals surface area contributed by atoms with Crippen molar-refractivity contribution in [3.05, 3.63) is 71.8 Å². The predicted molar refractivity (Wildman–Crippen MR) is 91.6 cm³/mol. The maximum Gasteiger partial charge on any atom is 0.273 e. The largest absolute Gasteiger partial charge is 0.273 e. The van der Waals surface area contributed by atoms with E-state index in [2.05, 4.69) is 0 Å². The highest BCUT2D eigenvalue weighted by Crippen LogP contribution is 2.12. The number of nitriles is 2. The molecule has 0 amide bonds. The summed E-state index contributed by atoms with van der Waals surface area (Å²) in [6.07, 6.45) is 1.60. The second-order valence-electron chi connectivity index (χ2n) is 4.77. The minimum absolute atomic E-state index is 0.00307. The quantitative estimate of drug-likeness (QED) is 0.694. The van der Waals surface area contributed by atoms with Gasteiger partial charge in [0.15, 0.2) is 5.57 Å². The fourth-order valence-electron chi connectivity index (χ4n) is 2.15. The van der Waals surface area contributed by atoms with E-state index in [-0.39, 0.29) is 20.5 Å². The highest BCUT2D eigenvalue weighted by molar-refractivity contribution is 7.11. The molecule has 2 heterocycles. The van der Waals surface area contributed by atoms with Crippen LogP contribution in [0.25, 0.3) is 17.3 Å². The zero-order valence-corrected chi connectivity index (χ0v) is 14.0. The monoisotopic (exact) mass is 371 g/mol. The van der Waals surface area contributed by atoms with Crippen LogP contribution in [0.4, 0.5) is 8.78 Å². The van der Waals surface area contributed by atoms with Gasteiger partial charge < -0.3 is 0 Å². The molecule has 0 aliphatic heterocycles. The maximum absolute atomic E-state index is 14.2. The van der Waals surface area contributed by atoms with E-state index in [1.165, 1.54) is 11.3 Å². The highest BCUT2D eigenvalue weighted by atomic mass is 32.1. The van der Waals surface area contributed by atoms with E-state index in [0.29, 0.717) is 6.07 Å². The first-order valence-corrected chi connectivity index (χ1v) is 8.52. The van der Waals surface area contributed by atoms with Crippen molar-refractivity contribution in [2.24, 2.45) is 0 Å². The van der Waals surface area contributed by atoms with Gasteiger partial charge in [-0.05, 0) is 29.7 Å². The summed E-state index contributed by atoms with van der Waals surface area (Å²) in [5.74, 6) is -1.75. The lowest BCUT2D eigenvalue weighted by Crippen LogP contribution is -2.31. The predicted octanol–water partition coefficient (Wildman–Crippen LogP) is 2.27. The molecular formula is C17H7F2N3OS2. The molecule has 0 N–H and O–H groups in total. The Morgan fingerprint density at radius 1 is 1.20 bits per heavy atom. The molecule has 0 saturated carbocycles. The summed E-state index contributed by atoms with van der Waals surface area (Å²) in [6, 6.07) is 9.77. The van der Waals surface area contributed by atoms with Crippen molar-refractivity contribution >= 4 is 34.3 Å². The summed E-state index contributed by atoms with van der Waals surface area (Å²) < 4.78 is 28.5.